The summed E-state index contributed by atoms with van der Waals surface area (Å²) < 4.78 is 0. The third-order valence-corrected chi connectivity index (χ3v) is 3.84. The largest absolute Gasteiger partial charge is 0.393 e. The van der Waals surface area contributed by atoms with Gasteiger partial charge in [0.2, 0.25) is 0 Å². The first-order chi connectivity index (χ1) is 8.10. The van der Waals surface area contributed by atoms with Crippen LogP contribution in [-0.2, 0) is 10.3 Å². The molecule has 1 aliphatic carbocycles. The molecule has 92 valence electrons. The zero-order chi connectivity index (χ0) is 12.5. The molecule has 1 saturated carbocycles. The van der Waals surface area contributed by atoms with Gasteiger partial charge >= 0.3 is 0 Å². The van der Waals surface area contributed by atoms with Crippen molar-refractivity contribution in [3.05, 3.63) is 34.9 Å². The van der Waals surface area contributed by atoms with Crippen LogP contribution in [0.1, 0.15) is 24.8 Å². The normalized spacial score (nSPS) is 29.4. The van der Waals surface area contributed by atoms with E-state index < -0.39 is 11.6 Å². The van der Waals surface area contributed by atoms with Gasteiger partial charge in [0.1, 0.15) is 5.54 Å². The third-order valence-electron chi connectivity index (χ3n) is 3.51. The minimum atomic E-state index is -0.739. The highest BCUT2D eigenvalue weighted by molar-refractivity contribution is 6.31. The summed E-state index contributed by atoms with van der Waals surface area (Å²) in [6.45, 7) is 0. The van der Waals surface area contributed by atoms with E-state index in [9.17, 15) is 9.90 Å². The summed E-state index contributed by atoms with van der Waals surface area (Å²) in [5.41, 5.74) is 0.0680. The maximum absolute atomic E-state index is 12.2. The molecule has 2 N–H and O–H groups in total. The summed E-state index contributed by atoms with van der Waals surface area (Å²) in [5.74, 6) is 0.00634. The van der Waals surface area contributed by atoms with Gasteiger partial charge in [-0.2, -0.15) is 0 Å². The molecule has 2 atom stereocenters. The molecule has 1 fully saturated rings. The van der Waals surface area contributed by atoms with Gasteiger partial charge in [0, 0.05) is 11.4 Å². The van der Waals surface area contributed by atoms with Crippen molar-refractivity contribution in [3.8, 4) is 0 Å². The summed E-state index contributed by atoms with van der Waals surface area (Å²) in [7, 11) is 1.76. The minimum absolute atomic E-state index is 0.00634. The molecule has 17 heavy (non-hydrogen) atoms. The second kappa shape index (κ2) is 4.77. The lowest BCUT2D eigenvalue weighted by atomic mass is 9.74. The smallest absolute Gasteiger partial charge is 0.160 e. The molecule has 0 unspecified atom stereocenters. The molecule has 1 aromatic carbocycles. The zero-order valence-electron chi connectivity index (χ0n) is 9.74. The molecule has 3 nitrogen and oxygen atoms in total. The van der Waals surface area contributed by atoms with Crippen molar-refractivity contribution in [2.24, 2.45) is 0 Å². The predicted octanol–water partition coefficient (Wildman–Crippen LogP) is 1.87. The Morgan fingerprint density at radius 2 is 2.18 bits per heavy atom. The lowest BCUT2D eigenvalue weighted by Crippen LogP contribution is -2.51. The number of hydrogen-bond acceptors (Lipinski definition) is 3. The maximum Gasteiger partial charge on any atom is 0.160 e. The Morgan fingerprint density at radius 1 is 1.47 bits per heavy atom. The van der Waals surface area contributed by atoms with Crippen molar-refractivity contribution in [1.82, 2.24) is 5.32 Å². The van der Waals surface area contributed by atoms with Gasteiger partial charge in [-0.3, -0.25) is 4.79 Å². The Bertz CT molecular complexity index is 435. The van der Waals surface area contributed by atoms with Gasteiger partial charge in [0.05, 0.1) is 6.10 Å². The molecule has 0 bridgehead atoms. The lowest BCUT2D eigenvalue weighted by molar-refractivity contribution is -0.131. The average Bonchev–Trinajstić information content (AvgIpc) is 2.31. The number of Topliss-reactive ketones (excluding diaryl/α,β-unsaturated/α-hetero) is 1. The van der Waals surface area contributed by atoms with Crippen LogP contribution >= 0.6 is 11.6 Å². The van der Waals surface area contributed by atoms with E-state index in [1.165, 1.54) is 0 Å². The summed E-state index contributed by atoms with van der Waals surface area (Å²) >= 11 is 6.17. The minimum Gasteiger partial charge on any atom is -0.393 e. The standard InChI is InChI=1S/C13H16ClNO2/c1-15-13(7-6-9(16)8-12(13)17)10-4-2-3-5-11(10)14/h2-5,9,15-16H,6-8H2,1H3/t9-,13-/m0/s1. The van der Waals surface area contributed by atoms with Gasteiger partial charge in [-0.05, 0) is 31.5 Å². The second-order valence-electron chi connectivity index (χ2n) is 4.45. The Balaban J connectivity index is 2.45. The van der Waals surface area contributed by atoms with E-state index >= 15 is 0 Å². The monoisotopic (exact) mass is 253 g/mol. The number of nitrogens with one attached hydrogen (secondary N) is 1. The van der Waals surface area contributed by atoms with Crippen molar-refractivity contribution in [2.75, 3.05) is 7.05 Å². The Morgan fingerprint density at radius 3 is 2.76 bits per heavy atom. The highest BCUT2D eigenvalue weighted by atomic mass is 35.5. The van der Waals surface area contributed by atoms with Gasteiger partial charge in [-0.1, -0.05) is 29.8 Å². The van der Waals surface area contributed by atoms with E-state index in [-0.39, 0.29) is 12.2 Å². The van der Waals surface area contributed by atoms with Crippen molar-refractivity contribution in [1.29, 1.82) is 0 Å². The average molecular weight is 254 g/mol. The number of benzene rings is 1. The Kier molecular flexibility index (Phi) is 3.52. The second-order valence-corrected chi connectivity index (χ2v) is 4.86. The molecule has 0 aromatic heterocycles. The molecule has 0 saturated heterocycles. The summed E-state index contributed by atoms with van der Waals surface area (Å²) in [4.78, 5) is 12.2. The van der Waals surface area contributed by atoms with Crippen molar-refractivity contribution in [2.45, 2.75) is 30.9 Å². The molecule has 0 amide bonds. The summed E-state index contributed by atoms with van der Waals surface area (Å²) in [5, 5.41) is 13.2. The molecule has 0 spiro atoms. The fourth-order valence-corrected chi connectivity index (χ4v) is 2.80. The lowest BCUT2D eigenvalue weighted by Gasteiger charge is -2.38. The zero-order valence-corrected chi connectivity index (χ0v) is 10.5. The number of hydrogen-bond donors (Lipinski definition) is 2. The fourth-order valence-electron chi connectivity index (χ4n) is 2.50. The third kappa shape index (κ3) is 2.10. The Labute approximate surface area is 106 Å². The van der Waals surface area contributed by atoms with Gasteiger partial charge < -0.3 is 10.4 Å². The summed E-state index contributed by atoms with van der Waals surface area (Å²) in [6.07, 6.45) is 0.850. The molecular formula is C13H16ClNO2. The van der Waals surface area contributed by atoms with Crippen LogP contribution in [0, 0.1) is 0 Å². The van der Waals surface area contributed by atoms with Crippen LogP contribution in [0.5, 0.6) is 0 Å². The molecule has 4 heteroatoms. The first-order valence-corrected chi connectivity index (χ1v) is 6.13. The quantitative estimate of drug-likeness (QED) is 0.846. The highest BCUT2D eigenvalue weighted by Gasteiger charge is 2.43. The number of carbonyl (C=O) groups excluding carboxylic acids is 1. The Hall–Kier alpha value is -0.900. The van der Waals surface area contributed by atoms with Crippen LogP contribution < -0.4 is 5.32 Å². The SMILES string of the molecule is CN[C@]1(c2ccccc2Cl)CC[C@H](O)CC1=O. The highest BCUT2D eigenvalue weighted by Crippen LogP contribution is 2.37. The van der Waals surface area contributed by atoms with Crippen LogP contribution in [0.15, 0.2) is 24.3 Å². The molecule has 1 aromatic rings. The van der Waals surface area contributed by atoms with Crippen LogP contribution in [0.3, 0.4) is 0 Å². The molecule has 0 heterocycles. The number of likely N-dealkylation sites (N-methyl/N-ethyl adjacent to an activating group) is 1. The van der Waals surface area contributed by atoms with E-state index in [1.54, 1.807) is 13.1 Å². The van der Waals surface area contributed by atoms with Crippen molar-refractivity contribution >= 4 is 17.4 Å². The van der Waals surface area contributed by atoms with Crippen LogP contribution in [0.4, 0.5) is 0 Å². The number of rotatable bonds is 2. The molecule has 2 rings (SSSR count). The van der Waals surface area contributed by atoms with Crippen molar-refractivity contribution in [3.63, 3.8) is 0 Å². The number of carbonyl (C=O) groups is 1. The predicted molar refractivity (Wildman–Crippen MR) is 67.1 cm³/mol. The van der Waals surface area contributed by atoms with Crippen LogP contribution in [0.25, 0.3) is 0 Å². The maximum atomic E-state index is 12.2. The first kappa shape index (κ1) is 12.6. The van der Waals surface area contributed by atoms with Crippen LogP contribution in [-0.4, -0.2) is 24.0 Å². The van der Waals surface area contributed by atoms with Gasteiger partial charge in [0.15, 0.2) is 5.78 Å². The first-order valence-electron chi connectivity index (χ1n) is 5.75. The van der Waals surface area contributed by atoms with Crippen LogP contribution in [0.2, 0.25) is 5.02 Å². The molecular weight excluding hydrogens is 238 g/mol. The van der Waals surface area contributed by atoms with E-state index in [0.29, 0.717) is 17.9 Å². The summed E-state index contributed by atoms with van der Waals surface area (Å²) in [6, 6.07) is 7.37. The molecule has 1 aliphatic rings. The molecule has 0 radical (unpaired) electrons. The topological polar surface area (TPSA) is 49.3 Å². The van der Waals surface area contributed by atoms with Gasteiger partial charge in [-0.25, -0.2) is 0 Å². The van der Waals surface area contributed by atoms with Gasteiger partial charge in [-0.15, -0.1) is 0 Å². The number of halogens is 1. The van der Waals surface area contributed by atoms with Gasteiger partial charge in [0.25, 0.3) is 0 Å². The van der Waals surface area contributed by atoms with E-state index in [0.717, 1.165) is 5.56 Å². The fraction of sp³-hybridized carbons (Fsp3) is 0.462. The van der Waals surface area contributed by atoms with Crippen molar-refractivity contribution < 1.29 is 9.90 Å². The van der Waals surface area contributed by atoms with E-state index in [2.05, 4.69) is 5.32 Å². The van der Waals surface area contributed by atoms with E-state index in [4.69, 9.17) is 11.6 Å². The molecule has 0 aliphatic heterocycles. The number of ketones is 1. The number of aliphatic hydroxyl groups is 1. The number of aliphatic hydroxyl groups excluding tert-OH is 1. The van der Waals surface area contributed by atoms with E-state index in [1.807, 2.05) is 18.2 Å².